The third-order valence-electron chi connectivity index (χ3n) is 3.15. The number of hydrogen-bond donors (Lipinski definition) is 2. The molecule has 3 rings (SSSR count). The molecular weight excluding hydrogens is 296 g/mol. The fourth-order valence-electron chi connectivity index (χ4n) is 2.02. The van der Waals surface area contributed by atoms with Gasteiger partial charge in [0.1, 0.15) is 0 Å². The van der Waals surface area contributed by atoms with Gasteiger partial charge in [0.15, 0.2) is 5.13 Å². The monoisotopic (exact) mass is 310 g/mol. The number of carbonyl (C=O) groups is 1. The molecule has 22 heavy (non-hydrogen) atoms. The van der Waals surface area contributed by atoms with E-state index in [-0.39, 0.29) is 5.78 Å². The molecule has 0 bridgehead atoms. The molecule has 3 aromatic rings. The highest BCUT2D eigenvalue weighted by Gasteiger charge is 2.13. The number of thiazole rings is 1. The van der Waals surface area contributed by atoms with Crippen molar-refractivity contribution in [2.75, 3.05) is 11.1 Å². The largest absolute Gasteiger partial charge is 0.399 e. The number of anilines is 3. The molecule has 0 radical (unpaired) electrons. The normalized spacial score (nSPS) is 10.4. The van der Waals surface area contributed by atoms with Gasteiger partial charge in [-0.05, 0) is 42.8 Å². The number of nitrogen functional groups attached to an aromatic ring is 1. The molecule has 0 spiro atoms. The average Bonchev–Trinajstić information content (AvgIpc) is 2.99. The molecule has 0 atom stereocenters. The first kappa shape index (κ1) is 14.2. The number of benzene rings is 1. The fraction of sp³-hybridized carbons (Fsp3) is 0.0625. The zero-order chi connectivity index (χ0) is 15.5. The Kier molecular flexibility index (Phi) is 3.84. The summed E-state index contributed by atoms with van der Waals surface area (Å²) < 4.78 is 0. The topological polar surface area (TPSA) is 80.9 Å². The van der Waals surface area contributed by atoms with Crippen LogP contribution < -0.4 is 11.1 Å². The molecule has 0 aliphatic rings. The fourth-order valence-corrected chi connectivity index (χ4v) is 2.81. The second kappa shape index (κ2) is 5.95. The Morgan fingerprint density at radius 3 is 2.86 bits per heavy atom. The van der Waals surface area contributed by atoms with Crippen LogP contribution in [0.1, 0.15) is 20.8 Å². The molecule has 110 valence electrons. The first-order valence-corrected chi connectivity index (χ1v) is 7.49. The van der Waals surface area contributed by atoms with E-state index in [4.69, 9.17) is 5.73 Å². The van der Waals surface area contributed by atoms with E-state index in [1.54, 1.807) is 30.7 Å². The van der Waals surface area contributed by atoms with Crippen LogP contribution in [-0.4, -0.2) is 15.8 Å². The first-order chi connectivity index (χ1) is 10.6. The van der Waals surface area contributed by atoms with Gasteiger partial charge >= 0.3 is 0 Å². The zero-order valence-electron chi connectivity index (χ0n) is 11.9. The van der Waals surface area contributed by atoms with Gasteiger partial charge in [0.2, 0.25) is 5.78 Å². The molecule has 0 saturated carbocycles. The van der Waals surface area contributed by atoms with Gasteiger partial charge in [-0.2, -0.15) is 0 Å². The quantitative estimate of drug-likeness (QED) is 0.570. The lowest BCUT2D eigenvalue weighted by Gasteiger charge is -2.07. The average molecular weight is 310 g/mol. The van der Waals surface area contributed by atoms with Crippen molar-refractivity contribution >= 4 is 33.6 Å². The molecule has 0 unspecified atom stereocenters. The van der Waals surface area contributed by atoms with Gasteiger partial charge in [-0.1, -0.05) is 11.3 Å². The van der Waals surface area contributed by atoms with Crippen molar-refractivity contribution in [3.8, 4) is 0 Å². The van der Waals surface area contributed by atoms with Crippen LogP contribution in [0.5, 0.6) is 0 Å². The predicted octanol–water partition coefficient (Wildman–Crippen LogP) is 3.40. The van der Waals surface area contributed by atoms with Crippen molar-refractivity contribution in [2.45, 2.75) is 6.92 Å². The number of carbonyl (C=O) groups excluding carboxylic acids is 1. The number of nitrogens with one attached hydrogen (secondary N) is 1. The summed E-state index contributed by atoms with van der Waals surface area (Å²) in [6.45, 7) is 1.97. The highest BCUT2D eigenvalue weighted by molar-refractivity contribution is 7.17. The van der Waals surface area contributed by atoms with Crippen LogP contribution in [-0.2, 0) is 0 Å². The minimum atomic E-state index is -0.0762. The van der Waals surface area contributed by atoms with Crippen LogP contribution in [0.25, 0.3) is 0 Å². The minimum Gasteiger partial charge on any atom is -0.399 e. The van der Waals surface area contributed by atoms with Crippen LogP contribution >= 0.6 is 11.3 Å². The Balaban J connectivity index is 1.81. The van der Waals surface area contributed by atoms with Crippen molar-refractivity contribution < 1.29 is 4.79 Å². The molecule has 3 N–H and O–H groups in total. The molecule has 2 aromatic heterocycles. The van der Waals surface area contributed by atoms with Crippen LogP contribution in [0.4, 0.5) is 16.5 Å². The Bertz CT molecular complexity index is 814. The summed E-state index contributed by atoms with van der Waals surface area (Å²) in [5.74, 6) is -0.0762. The number of aromatic nitrogens is 2. The van der Waals surface area contributed by atoms with Crippen LogP contribution in [0.2, 0.25) is 0 Å². The van der Waals surface area contributed by atoms with E-state index in [0.29, 0.717) is 15.6 Å². The van der Waals surface area contributed by atoms with E-state index in [9.17, 15) is 4.79 Å². The Hall–Kier alpha value is -2.73. The van der Waals surface area contributed by atoms with Gasteiger partial charge < -0.3 is 11.1 Å². The lowest BCUT2D eigenvalue weighted by Crippen LogP contribution is -1.98. The van der Waals surface area contributed by atoms with E-state index in [0.717, 1.165) is 16.9 Å². The van der Waals surface area contributed by atoms with E-state index < -0.39 is 0 Å². The van der Waals surface area contributed by atoms with Crippen molar-refractivity contribution in [1.82, 2.24) is 9.97 Å². The number of hydrogen-bond acceptors (Lipinski definition) is 6. The number of ketones is 1. The summed E-state index contributed by atoms with van der Waals surface area (Å²) in [5, 5.41) is 3.88. The van der Waals surface area contributed by atoms with Gasteiger partial charge in [-0.25, -0.2) is 4.98 Å². The molecule has 2 heterocycles. The minimum absolute atomic E-state index is 0.0762. The molecule has 0 fully saturated rings. The maximum absolute atomic E-state index is 12.3. The SMILES string of the molecule is Cc1cc(N)ccc1Nc1ncc(C(=O)c2cccnc2)s1. The van der Waals surface area contributed by atoms with Gasteiger partial charge in [0.05, 0.1) is 11.1 Å². The van der Waals surface area contributed by atoms with Gasteiger partial charge in [0, 0.05) is 29.3 Å². The standard InChI is InChI=1S/C16H14N4OS/c1-10-7-12(17)4-5-13(10)20-16-19-9-14(22-16)15(21)11-3-2-6-18-8-11/h2-9H,17H2,1H3,(H,19,20). The maximum Gasteiger partial charge on any atom is 0.206 e. The van der Waals surface area contributed by atoms with E-state index in [1.165, 1.54) is 11.3 Å². The number of pyridine rings is 1. The smallest absolute Gasteiger partial charge is 0.206 e. The second-order valence-electron chi connectivity index (χ2n) is 4.80. The summed E-state index contributed by atoms with van der Waals surface area (Å²) in [5.41, 5.74) is 8.96. The summed E-state index contributed by atoms with van der Waals surface area (Å²) in [6, 6.07) is 9.09. The first-order valence-electron chi connectivity index (χ1n) is 6.67. The summed E-state index contributed by atoms with van der Waals surface area (Å²) in [7, 11) is 0. The Morgan fingerprint density at radius 2 is 2.14 bits per heavy atom. The Labute approximate surface area is 131 Å². The maximum atomic E-state index is 12.3. The van der Waals surface area contributed by atoms with Crippen LogP contribution in [0, 0.1) is 6.92 Å². The van der Waals surface area contributed by atoms with Crippen LogP contribution in [0.15, 0.2) is 48.9 Å². The molecule has 0 amide bonds. The Morgan fingerprint density at radius 1 is 1.27 bits per heavy atom. The molecule has 0 aliphatic heterocycles. The molecule has 1 aromatic carbocycles. The lowest BCUT2D eigenvalue weighted by atomic mass is 10.2. The van der Waals surface area contributed by atoms with Crippen molar-refractivity contribution in [2.24, 2.45) is 0 Å². The molecule has 6 heteroatoms. The highest BCUT2D eigenvalue weighted by atomic mass is 32.1. The van der Waals surface area contributed by atoms with Crippen LogP contribution in [0.3, 0.4) is 0 Å². The van der Waals surface area contributed by atoms with Gasteiger partial charge in [-0.3, -0.25) is 9.78 Å². The number of nitrogens with two attached hydrogens (primary N) is 1. The van der Waals surface area contributed by atoms with Crippen molar-refractivity contribution in [1.29, 1.82) is 0 Å². The molecule has 0 aliphatic carbocycles. The van der Waals surface area contributed by atoms with E-state index in [2.05, 4.69) is 15.3 Å². The second-order valence-corrected chi connectivity index (χ2v) is 5.83. The summed E-state index contributed by atoms with van der Waals surface area (Å²) in [6.07, 6.45) is 4.77. The highest BCUT2D eigenvalue weighted by Crippen LogP contribution is 2.27. The lowest BCUT2D eigenvalue weighted by molar-refractivity contribution is 0.104. The third-order valence-corrected chi connectivity index (χ3v) is 4.06. The molecule has 5 nitrogen and oxygen atoms in total. The van der Waals surface area contributed by atoms with E-state index >= 15 is 0 Å². The number of aryl methyl sites for hydroxylation is 1. The number of nitrogens with zero attached hydrogens (tertiary/aromatic N) is 2. The van der Waals surface area contributed by atoms with Crippen molar-refractivity contribution in [3.63, 3.8) is 0 Å². The molecular formula is C16H14N4OS. The number of rotatable bonds is 4. The molecule has 0 saturated heterocycles. The summed E-state index contributed by atoms with van der Waals surface area (Å²) >= 11 is 1.31. The zero-order valence-corrected chi connectivity index (χ0v) is 12.7. The third kappa shape index (κ3) is 2.96. The van der Waals surface area contributed by atoms with E-state index in [1.807, 2.05) is 25.1 Å². The summed E-state index contributed by atoms with van der Waals surface area (Å²) in [4.78, 5) is 21.1. The predicted molar refractivity (Wildman–Crippen MR) is 88.7 cm³/mol. The van der Waals surface area contributed by atoms with Crippen molar-refractivity contribution in [3.05, 3.63) is 64.9 Å². The van der Waals surface area contributed by atoms with Gasteiger partial charge in [0.25, 0.3) is 0 Å². The van der Waals surface area contributed by atoms with Gasteiger partial charge in [-0.15, -0.1) is 0 Å².